The van der Waals surface area contributed by atoms with Crippen molar-refractivity contribution >= 4 is 47.2 Å². The van der Waals surface area contributed by atoms with Crippen LogP contribution in [0.15, 0.2) is 34.5 Å². The van der Waals surface area contributed by atoms with Crippen molar-refractivity contribution in [3.05, 3.63) is 29.5 Å². The van der Waals surface area contributed by atoms with E-state index < -0.39 is 5.97 Å². The van der Waals surface area contributed by atoms with Gasteiger partial charge in [-0.3, -0.25) is 9.69 Å². The number of nitrogens with two attached hydrogens (primary N) is 2. The summed E-state index contributed by atoms with van der Waals surface area (Å²) >= 11 is 2.98. The van der Waals surface area contributed by atoms with Gasteiger partial charge in [-0.05, 0) is 5.57 Å². The summed E-state index contributed by atoms with van der Waals surface area (Å²) in [4.78, 5) is 32.4. The van der Waals surface area contributed by atoms with Crippen LogP contribution in [-0.2, 0) is 9.59 Å². The van der Waals surface area contributed by atoms with Crippen molar-refractivity contribution in [2.75, 3.05) is 23.0 Å². The van der Waals surface area contributed by atoms with Crippen LogP contribution in [0.25, 0.3) is 0 Å². The van der Waals surface area contributed by atoms with Crippen LogP contribution in [-0.4, -0.2) is 48.7 Å². The molecule has 0 saturated carbocycles. The molecule has 1 aromatic heterocycles. The van der Waals surface area contributed by atoms with Gasteiger partial charge in [-0.2, -0.15) is 4.98 Å². The number of anilines is 2. The third-order valence-electron chi connectivity index (χ3n) is 3.47. The summed E-state index contributed by atoms with van der Waals surface area (Å²) in [6.45, 7) is 0. The van der Waals surface area contributed by atoms with E-state index in [1.165, 1.54) is 16.7 Å². The maximum Gasteiger partial charge on any atom is 0.352 e. The smallest absolute Gasteiger partial charge is 0.352 e. The summed E-state index contributed by atoms with van der Waals surface area (Å²) in [6.07, 6.45) is 3.99. The van der Waals surface area contributed by atoms with Crippen LogP contribution in [0, 0.1) is 0 Å². The van der Waals surface area contributed by atoms with Crippen LogP contribution in [0.4, 0.5) is 11.8 Å². The monoisotopic (exact) mass is 365 g/mol. The first-order chi connectivity index (χ1) is 11.5. The highest BCUT2D eigenvalue weighted by Gasteiger charge is 2.44. The Kier molecular flexibility index (Phi) is 4.67. The fourth-order valence-corrected chi connectivity index (χ4v) is 4.39. The van der Waals surface area contributed by atoms with Crippen molar-refractivity contribution in [3.63, 3.8) is 0 Å². The Hall–Kier alpha value is -2.20. The number of nitrogens with zero attached hydrogens (tertiary/aromatic N) is 3. The number of carbonyl (C=O) groups excluding carboxylic acids is 1. The number of aromatic nitrogens is 2. The van der Waals surface area contributed by atoms with E-state index in [0.717, 1.165) is 0 Å². The fourth-order valence-electron chi connectivity index (χ4n) is 2.42. The van der Waals surface area contributed by atoms with Crippen molar-refractivity contribution in [3.8, 4) is 0 Å². The van der Waals surface area contributed by atoms with Gasteiger partial charge in [0, 0.05) is 17.6 Å². The molecular weight excluding hydrogens is 350 g/mol. The first-order valence-corrected chi connectivity index (χ1v) is 9.08. The Morgan fingerprint density at radius 2 is 2.29 bits per heavy atom. The van der Waals surface area contributed by atoms with E-state index in [4.69, 9.17) is 11.5 Å². The lowest BCUT2D eigenvalue weighted by Crippen LogP contribution is -2.53. The molecule has 1 aromatic rings. The summed E-state index contributed by atoms with van der Waals surface area (Å²) in [5.74, 6) is 0.340. The van der Waals surface area contributed by atoms with Crippen molar-refractivity contribution in [1.82, 2.24) is 14.9 Å². The van der Waals surface area contributed by atoms with Gasteiger partial charge in [-0.15, -0.1) is 23.5 Å². The number of nitrogen functional groups attached to an aromatic ring is 2. The second-order valence-electron chi connectivity index (χ2n) is 5.12. The molecule has 1 atom stereocenters. The Labute approximate surface area is 146 Å². The van der Waals surface area contributed by atoms with Gasteiger partial charge in [-0.25, -0.2) is 9.78 Å². The summed E-state index contributed by atoms with van der Waals surface area (Å²) in [6, 6.07) is 1.62. The molecule has 24 heavy (non-hydrogen) atoms. The molecule has 2 aliphatic rings. The number of rotatable bonds is 5. The van der Waals surface area contributed by atoms with Crippen LogP contribution < -0.4 is 11.5 Å². The predicted octanol–water partition coefficient (Wildman–Crippen LogP) is 0.933. The second-order valence-corrected chi connectivity index (χ2v) is 7.32. The highest BCUT2D eigenvalue weighted by Crippen LogP contribution is 2.40. The molecular formula is C14H15N5O3S2. The van der Waals surface area contributed by atoms with E-state index >= 15 is 0 Å². The lowest BCUT2D eigenvalue weighted by molar-refractivity contribution is -0.146. The number of fused-ring (bicyclic) bond motifs is 1. The van der Waals surface area contributed by atoms with Gasteiger partial charge in [0.25, 0.3) is 0 Å². The average Bonchev–Trinajstić information content (AvgIpc) is 2.49. The third kappa shape index (κ3) is 3.34. The quantitative estimate of drug-likeness (QED) is 0.395. The summed E-state index contributed by atoms with van der Waals surface area (Å²) in [5.41, 5.74) is 11.9. The molecule has 0 aromatic carbocycles. The molecule has 0 spiro atoms. The number of hydrogen-bond acceptors (Lipinski definition) is 8. The van der Waals surface area contributed by atoms with Crippen molar-refractivity contribution in [2.45, 2.75) is 16.8 Å². The number of amides is 1. The second kappa shape index (κ2) is 6.73. The fraction of sp³-hybridized carbons (Fsp3) is 0.286. The number of carboxylic acids is 1. The van der Waals surface area contributed by atoms with Gasteiger partial charge >= 0.3 is 5.97 Å². The Bertz CT molecular complexity index is 745. The Morgan fingerprint density at radius 3 is 2.96 bits per heavy atom. The maximum absolute atomic E-state index is 11.7. The van der Waals surface area contributed by atoms with Crippen molar-refractivity contribution in [2.24, 2.45) is 0 Å². The summed E-state index contributed by atoms with van der Waals surface area (Å²) in [5, 5.41) is 10.0. The zero-order valence-corrected chi connectivity index (χ0v) is 14.1. The zero-order chi connectivity index (χ0) is 17.3. The highest BCUT2D eigenvalue weighted by atomic mass is 32.2. The first kappa shape index (κ1) is 16.7. The molecule has 3 heterocycles. The van der Waals surface area contributed by atoms with E-state index in [0.29, 0.717) is 34.3 Å². The van der Waals surface area contributed by atoms with Gasteiger partial charge in [0.05, 0.1) is 11.8 Å². The molecule has 126 valence electrons. The molecule has 10 heteroatoms. The number of β-lactam (4-membered cyclic amide) rings is 1. The SMILES string of the molecule is Nc1cc(SC/C=C/C2=C(C(=O)O)N3C(=O)CC3SC2)nc(N)n1. The number of hydrogen-bond donors (Lipinski definition) is 3. The van der Waals surface area contributed by atoms with Gasteiger partial charge in [0.2, 0.25) is 11.9 Å². The number of aliphatic carboxylic acids is 1. The number of thioether (sulfide) groups is 2. The molecule has 3 rings (SSSR count). The van der Waals surface area contributed by atoms with E-state index in [1.54, 1.807) is 23.9 Å². The molecule has 0 aliphatic carbocycles. The minimum atomic E-state index is -1.07. The normalized spacial score (nSPS) is 20.2. The topological polar surface area (TPSA) is 135 Å². The van der Waals surface area contributed by atoms with E-state index in [2.05, 4.69) is 9.97 Å². The van der Waals surface area contributed by atoms with Crippen molar-refractivity contribution < 1.29 is 14.7 Å². The molecule has 1 unspecified atom stereocenters. The standard InChI is InChI=1S/C14H15N5O3S2/c15-8-4-9(18-14(16)17-8)23-3-1-2-7-6-24-11-5-10(20)19(11)12(7)13(21)22/h1-2,4,11H,3,5-6H2,(H,21,22)(H4,15,16,17,18)/b2-1+. The van der Waals surface area contributed by atoms with E-state index in [1.807, 2.05) is 6.08 Å². The lowest BCUT2D eigenvalue weighted by atomic mass is 10.1. The number of allylic oxidation sites excluding steroid dienone is 1. The Balaban J connectivity index is 1.69. The molecule has 8 nitrogen and oxygen atoms in total. The molecule has 2 aliphatic heterocycles. The highest BCUT2D eigenvalue weighted by molar-refractivity contribution is 8.00. The maximum atomic E-state index is 11.7. The van der Waals surface area contributed by atoms with Gasteiger partial charge in [0.1, 0.15) is 16.5 Å². The molecule has 0 radical (unpaired) electrons. The van der Waals surface area contributed by atoms with Crippen LogP contribution >= 0.6 is 23.5 Å². The number of carboxylic acid groups (broad SMARTS) is 1. The van der Waals surface area contributed by atoms with Crippen LogP contribution in [0.1, 0.15) is 6.42 Å². The summed E-state index contributed by atoms with van der Waals surface area (Å²) < 4.78 is 0. The zero-order valence-electron chi connectivity index (χ0n) is 12.5. The predicted molar refractivity (Wildman–Crippen MR) is 93.1 cm³/mol. The van der Waals surface area contributed by atoms with Gasteiger partial charge < -0.3 is 16.6 Å². The Morgan fingerprint density at radius 1 is 1.50 bits per heavy atom. The molecule has 1 saturated heterocycles. The minimum absolute atomic E-state index is 0.0397. The molecule has 0 bridgehead atoms. The average molecular weight is 365 g/mol. The van der Waals surface area contributed by atoms with Gasteiger partial charge in [-0.1, -0.05) is 12.2 Å². The minimum Gasteiger partial charge on any atom is -0.477 e. The lowest BCUT2D eigenvalue weighted by Gasteiger charge is -2.43. The van der Waals surface area contributed by atoms with E-state index in [-0.39, 0.29) is 22.9 Å². The van der Waals surface area contributed by atoms with E-state index in [9.17, 15) is 14.7 Å². The van der Waals surface area contributed by atoms with Crippen molar-refractivity contribution in [1.29, 1.82) is 0 Å². The third-order valence-corrected chi connectivity index (χ3v) is 5.57. The number of carbonyl (C=O) groups is 2. The van der Waals surface area contributed by atoms with Crippen LogP contribution in [0.2, 0.25) is 0 Å². The molecule has 5 N–H and O–H groups in total. The largest absolute Gasteiger partial charge is 0.477 e. The molecule has 1 fully saturated rings. The summed E-state index contributed by atoms with van der Waals surface area (Å²) in [7, 11) is 0. The van der Waals surface area contributed by atoms with Crippen LogP contribution in [0.5, 0.6) is 0 Å². The van der Waals surface area contributed by atoms with Gasteiger partial charge in [0.15, 0.2) is 0 Å². The molecule has 1 amide bonds. The first-order valence-electron chi connectivity index (χ1n) is 7.05. The van der Waals surface area contributed by atoms with Crippen LogP contribution in [0.3, 0.4) is 0 Å².